The number of phosphoric ester groups is 1. The van der Waals surface area contributed by atoms with Gasteiger partial charge in [-0.1, -0.05) is 192 Å². The summed E-state index contributed by atoms with van der Waals surface area (Å²) in [5.41, 5.74) is 0. The molecule has 0 saturated carbocycles. The molecule has 74 heavy (non-hydrogen) atoms. The summed E-state index contributed by atoms with van der Waals surface area (Å²) in [6, 6.07) is 0. The number of unbranched alkanes of at least 4 members (excludes halogenated alkanes) is 8. The summed E-state index contributed by atoms with van der Waals surface area (Å²) in [6.45, 7) is 4.13. The van der Waals surface area contributed by atoms with Crippen LogP contribution < -0.4 is 0 Å². The van der Waals surface area contributed by atoms with E-state index in [2.05, 4.69) is 154 Å². The number of ether oxygens (including phenoxy) is 3. The smallest absolute Gasteiger partial charge is 0.462 e. The van der Waals surface area contributed by atoms with E-state index in [9.17, 15) is 28.9 Å². The van der Waals surface area contributed by atoms with Gasteiger partial charge in [0.1, 0.15) is 12.7 Å². The van der Waals surface area contributed by atoms with Crippen LogP contribution in [-0.4, -0.2) is 66.5 Å². The van der Waals surface area contributed by atoms with E-state index in [1.165, 1.54) is 0 Å². The lowest BCUT2D eigenvalue weighted by atomic mass is 10.1. The number of hydrogen-bond acceptors (Lipinski definition) is 10. The first-order valence-electron chi connectivity index (χ1n) is 27.7. The molecule has 11 nitrogen and oxygen atoms in total. The van der Waals surface area contributed by atoms with Crippen LogP contribution >= 0.6 is 7.82 Å². The first-order chi connectivity index (χ1) is 36.2. The monoisotopic (exact) mass is 1050 g/mol. The fourth-order valence-electron chi connectivity index (χ4n) is 6.64. The fraction of sp³-hybridized carbons (Fsp3) is 0.565. The normalized spacial score (nSPS) is 14.5. The summed E-state index contributed by atoms with van der Waals surface area (Å²) in [5.74, 6) is -1.64. The molecule has 0 spiro atoms. The third kappa shape index (κ3) is 52.2. The van der Waals surface area contributed by atoms with Crippen LogP contribution in [0.1, 0.15) is 188 Å². The maximum Gasteiger partial charge on any atom is 0.472 e. The van der Waals surface area contributed by atoms with Crippen LogP contribution in [0.3, 0.4) is 0 Å². The topological polar surface area (TPSA) is 155 Å². The van der Waals surface area contributed by atoms with E-state index in [0.29, 0.717) is 19.3 Å². The van der Waals surface area contributed by atoms with Gasteiger partial charge in [-0.2, -0.15) is 0 Å². The van der Waals surface area contributed by atoms with Crippen molar-refractivity contribution in [2.45, 2.75) is 200 Å². The van der Waals surface area contributed by atoms with Gasteiger partial charge >= 0.3 is 25.7 Å². The summed E-state index contributed by atoms with van der Waals surface area (Å²) in [5, 5.41) is 9.79. The Morgan fingerprint density at radius 1 is 0.378 bits per heavy atom. The van der Waals surface area contributed by atoms with Crippen LogP contribution in [0.2, 0.25) is 0 Å². The summed E-state index contributed by atoms with van der Waals surface area (Å²) in [4.78, 5) is 48.4. The predicted octanol–water partition coefficient (Wildman–Crippen LogP) is 16.4. The van der Waals surface area contributed by atoms with E-state index >= 15 is 0 Å². The van der Waals surface area contributed by atoms with Crippen molar-refractivity contribution in [3.8, 4) is 0 Å². The summed E-state index contributed by atoms with van der Waals surface area (Å²) >= 11 is 0. The maximum atomic E-state index is 12.9. The number of allylic oxidation sites excluding steroid dienone is 24. The Labute approximate surface area is 448 Å². The fourth-order valence-corrected chi connectivity index (χ4v) is 7.43. The maximum absolute atomic E-state index is 12.9. The number of esters is 3. The molecule has 0 saturated heterocycles. The average molecular weight is 1050 g/mol. The molecule has 3 unspecified atom stereocenters. The molecule has 0 aromatic carbocycles. The van der Waals surface area contributed by atoms with Crippen molar-refractivity contribution in [3.05, 3.63) is 146 Å². The van der Waals surface area contributed by atoms with Crippen molar-refractivity contribution in [1.82, 2.24) is 0 Å². The molecule has 0 aromatic heterocycles. The standard InChI is InChI=1S/C62H97O11P/c1-4-7-10-13-16-19-22-25-27-28-29-30-32-34-36-39-42-45-48-51-60(64)69-55-59(73-62(66)53-50-47-44-41-38-35-31-26-23-20-17-14-11-8-5-2)57-71-74(67,68)70-56-58(54-63)72-61(65)52-49-46-43-40-37-33-24-21-18-15-12-9-6-3/h7-12,16-21,25-27,29-31,33-34,36-37,42,45,58-59,63H,4-6,13-15,22-24,28,32,35,38-41,43-44,46-57H2,1-3H3,(H,67,68)/b10-7-,11-8-,12-9-,19-16-,20-17-,21-18-,27-25-,30-29-,31-26-,36-34-,37-33-,45-42-. The highest BCUT2D eigenvalue weighted by Crippen LogP contribution is 2.43. The van der Waals surface area contributed by atoms with Gasteiger partial charge in [0.15, 0.2) is 6.10 Å². The molecule has 0 radical (unpaired) electrons. The zero-order valence-corrected chi connectivity index (χ0v) is 46.6. The average Bonchev–Trinajstić information content (AvgIpc) is 3.39. The van der Waals surface area contributed by atoms with Crippen molar-refractivity contribution in [3.63, 3.8) is 0 Å². The first kappa shape index (κ1) is 69.4. The highest BCUT2D eigenvalue weighted by Gasteiger charge is 2.28. The number of phosphoric acid groups is 1. The number of rotatable bonds is 49. The van der Waals surface area contributed by atoms with Gasteiger partial charge in [-0.05, 0) is 122 Å². The van der Waals surface area contributed by atoms with Crippen LogP contribution in [0.25, 0.3) is 0 Å². The lowest BCUT2D eigenvalue weighted by Gasteiger charge is -2.21. The molecule has 2 N–H and O–H groups in total. The number of hydrogen-bond donors (Lipinski definition) is 2. The third-order valence-corrected chi connectivity index (χ3v) is 11.7. The van der Waals surface area contributed by atoms with Gasteiger partial charge in [-0.15, -0.1) is 0 Å². The minimum absolute atomic E-state index is 0.0868. The van der Waals surface area contributed by atoms with Gasteiger partial charge < -0.3 is 24.2 Å². The van der Waals surface area contributed by atoms with Crippen molar-refractivity contribution in [2.75, 3.05) is 26.4 Å². The van der Waals surface area contributed by atoms with E-state index in [1.807, 2.05) is 12.2 Å². The molecule has 3 atom stereocenters. The summed E-state index contributed by atoms with van der Waals surface area (Å²) < 4.78 is 39.3. The van der Waals surface area contributed by atoms with Crippen molar-refractivity contribution in [1.29, 1.82) is 0 Å². The van der Waals surface area contributed by atoms with Crippen molar-refractivity contribution in [2.24, 2.45) is 0 Å². The molecule has 0 fully saturated rings. The minimum Gasteiger partial charge on any atom is -0.462 e. The van der Waals surface area contributed by atoms with E-state index in [1.54, 1.807) is 0 Å². The Kier molecular flexibility index (Phi) is 51.2. The first-order valence-corrected chi connectivity index (χ1v) is 29.2. The highest BCUT2D eigenvalue weighted by atomic mass is 31.2. The van der Waals surface area contributed by atoms with Crippen LogP contribution in [0.15, 0.2) is 146 Å². The molecule has 0 aromatic rings. The molecule has 0 amide bonds. The minimum atomic E-state index is -4.79. The molecule has 0 bridgehead atoms. The Bertz CT molecular complexity index is 1800. The second-order valence-corrected chi connectivity index (χ2v) is 19.1. The highest BCUT2D eigenvalue weighted by molar-refractivity contribution is 7.47. The lowest BCUT2D eigenvalue weighted by Crippen LogP contribution is -2.30. The number of carbonyl (C=O) groups excluding carboxylic acids is 3. The molecular formula is C62H97O11P. The van der Waals surface area contributed by atoms with Crippen molar-refractivity contribution < 1.29 is 52.2 Å². The van der Waals surface area contributed by atoms with Crippen LogP contribution in [-0.2, 0) is 42.2 Å². The molecule has 0 heterocycles. The number of carbonyl (C=O) groups is 3. The van der Waals surface area contributed by atoms with Gasteiger partial charge in [-0.25, -0.2) is 4.57 Å². The zero-order valence-electron chi connectivity index (χ0n) is 45.7. The second kappa shape index (κ2) is 54.6. The van der Waals surface area contributed by atoms with E-state index < -0.39 is 64.4 Å². The molecule has 0 aliphatic heterocycles. The number of aliphatic hydroxyl groups is 1. The Hall–Kier alpha value is -4.64. The van der Waals surface area contributed by atoms with Gasteiger partial charge in [-0.3, -0.25) is 23.4 Å². The quantitative estimate of drug-likeness (QED) is 0.0197. The molecular weight excluding hydrogens is 952 g/mol. The largest absolute Gasteiger partial charge is 0.472 e. The van der Waals surface area contributed by atoms with Crippen molar-refractivity contribution >= 4 is 25.7 Å². The molecule has 12 heteroatoms. The number of aliphatic hydroxyl groups excluding tert-OH is 1. The van der Waals surface area contributed by atoms with Gasteiger partial charge in [0, 0.05) is 19.3 Å². The lowest BCUT2D eigenvalue weighted by molar-refractivity contribution is -0.161. The second-order valence-electron chi connectivity index (χ2n) is 17.6. The molecule has 0 aliphatic carbocycles. The van der Waals surface area contributed by atoms with Gasteiger partial charge in [0.05, 0.1) is 19.8 Å². The van der Waals surface area contributed by atoms with E-state index in [4.69, 9.17) is 23.3 Å². The molecule has 0 aliphatic rings. The zero-order chi connectivity index (χ0) is 54.1. The third-order valence-electron chi connectivity index (χ3n) is 10.8. The molecule has 0 rings (SSSR count). The predicted molar refractivity (Wildman–Crippen MR) is 306 cm³/mol. The Morgan fingerprint density at radius 3 is 1.08 bits per heavy atom. The van der Waals surface area contributed by atoms with Crippen LogP contribution in [0.4, 0.5) is 0 Å². The van der Waals surface area contributed by atoms with Crippen LogP contribution in [0.5, 0.6) is 0 Å². The van der Waals surface area contributed by atoms with Crippen LogP contribution in [0, 0.1) is 0 Å². The Balaban J connectivity index is 4.92. The summed E-state index contributed by atoms with van der Waals surface area (Å²) in [7, 11) is -4.79. The Morgan fingerprint density at radius 2 is 0.689 bits per heavy atom. The van der Waals surface area contributed by atoms with Gasteiger partial charge in [0.25, 0.3) is 0 Å². The summed E-state index contributed by atoms with van der Waals surface area (Å²) in [6.07, 6.45) is 69.7. The van der Waals surface area contributed by atoms with E-state index in [-0.39, 0.29) is 19.3 Å². The SMILES string of the molecule is CC/C=C\C/C=C\C/C=C\C/C=C\C/C=C\C/C=C\CCC(=O)OCC(COP(=O)(O)OCC(CO)OC(=O)CCCCC/C=C\C/C=C\C/C=C\CC)OC(=O)CCCCCCC/C=C\C/C=C\C/C=C\CC. The van der Waals surface area contributed by atoms with Gasteiger partial charge in [0.2, 0.25) is 0 Å². The molecule has 416 valence electrons. The van der Waals surface area contributed by atoms with E-state index in [0.717, 1.165) is 128 Å².